The lowest BCUT2D eigenvalue weighted by Gasteiger charge is -2.11. The van der Waals surface area contributed by atoms with Gasteiger partial charge in [-0.2, -0.15) is 11.8 Å². The van der Waals surface area contributed by atoms with Crippen molar-refractivity contribution >= 4 is 34.8 Å². The van der Waals surface area contributed by atoms with Crippen molar-refractivity contribution in [1.82, 2.24) is 5.32 Å². The van der Waals surface area contributed by atoms with Crippen molar-refractivity contribution in [3.05, 3.63) is 59.9 Å². The highest BCUT2D eigenvalue weighted by molar-refractivity contribution is 7.98. The molecule has 2 N–H and O–H groups in total. The number of nitrogens with one attached hydrogen (secondary N) is 2. The van der Waals surface area contributed by atoms with Gasteiger partial charge in [-0.3, -0.25) is 0 Å². The van der Waals surface area contributed by atoms with Gasteiger partial charge in [-0.05, 0) is 42.9 Å². The summed E-state index contributed by atoms with van der Waals surface area (Å²) >= 11 is 6.94. The van der Waals surface area contributed by atoms with Gasteiger partial charge in [-0.15, -0.1) is 0 Å². The zero-order valence-corrected chi connectivity index (χ0v) is 15.2. The van der Waals surface area contributed by atoms with Crippen molar-refractivity contribution in [1.29, 1.82) is 0 Å². The fourth-order valence-corrected chi connectivity index (χ4v) is 3.10. The van der Waals surface area contributed by atoms with Gasteiger partial charge in [0.15, 0.2) is 5.11 Å². The van der Waals surface area contributed by atoms with E-state index in [4.69, 9.17) is 17.0 Å². The minimum Gasteiger partial charge on any atom is -0.494 e. The van der Waals surface area contributed by atoms with Crippen molar-refractivity contribution < 1.29 is 9.13 Å². The molecular weight excluding hydrogens is 343 g/mol. The van der Waals surface area contributed by atoms with Crippen LogP contribution in [0.3, 0.4) is 0 Å². The van der Waals surface area contributed by atoms with Crippen molar-refractivity contribution in [2.24, 2.45) is 0 Å². The SMILES string of the molecule is CCOc1cccc(NC(=S)NCCSCc2ccccc2F)c1. The molecule has 0 aliphatic rings. The molecular formula is C18H21FN2OS2. The second-order valence-electron chi connectivity index (χ2n) is 4.99. The average molecular weight is 365 g/mol. The Bertz CT molecular complexity index is 667. The van der Waals surface area contributed by atoms with E-state index in [2.05, 4.69) is 10.6 Å². The van der Waals surface area contributed by atoms with E-state index in [9.17, 15) is 4.39 Å². The molecule has 0 bridgehead atoms. The number of ether oxygens (including phenoxy) is 1. The van der Waals surface area contributed by atoms with Crippen molar-refractivity contribution in [3.8, 4) is 5.75 Å². The predicted molar refractivity (Wildman–Crippen MR) is 104 cm³/mol. The van der Waals surface area contributed by atoms with Gasteiger partial charge in [-0.1, -0.05) is 24.3 Å². The Balaban J connectivity index is 1.66. The molecule has 0 saturated heterocycles. The largest absolute Gasteiger partial charge is 0.494 e. The van der Waals surface area contributed by atoms with E-state index in [1.165, 1.54) is 6.07 Å². The fraction of sp³-hybridized carbons (Fsp3) is 0.278. The molecule has 2 rings (SSSR count). The number of rotatable bonds is 8. The van der Waals surface area contributed by atoms with Crippen LogP contribution in [0, 0.1) is 5.82 Å². The maximum atomic E-state index is 13.5. The predicted octanol–water partition coefficient (Wildman–Crippen LogP) is 4.44. The summed E-state index contributed by atoms with van der Waals surface area (Å²) in [7, 11) is 0. The van der Waals surface area contributed by atoms with Crippen LogP contribution in [-0.4, -0.2) is 24.0 Å². The first-order chi connectivity index (χ1) is 11.7. The Morgan fingerprint density at radius 1 is 1.21 bits per heavy atom. The summed E-state index contributed by atoms with van der Waals surface area (Å²) in [6, 6.07) is 14.5. The molecule has 0 atom stereocenters. The van der Waals surface area contributed by atoms with E-state index in [0.717, 1.165) is 29.3 Å². The van der Waals surface area contributed by atoms with Crippen LogP contribution in [-0.2, 0) is 5.75 Å². The maximum Gasteiger partial charge on any atom is 0.170 e. The van der Waals surface area contributed by atoms with Crippen LogP contribution in [0.4, 0.5) is 10.1 Å². The highest BCUT2D eigenvalue weighted by Crippen LogP contribution is 2.17. The summed E-state index contributed by atoms with van der Waals surface area (Å²) < 4.78 is 18.9. The van der Waals surface area contributed by atoms with Gasteiger partial charge < -0.3 is 15.4 Å². The van der Waals surface area contributed by atoms with Crippen LogP contribution in [0.1, 0.15) is 12.5 Å². The van der Waals surface area contributed by atoms with Gasteiger partial charge in [0.1, 0.15) is 11.6 Å². The van der Waals surface area contributed by atoms with Gasteiger partial charge in [-0.25, -0.2) is 4.39 Å². The highest BCUT2D eigenvalue weighted by atomic mass is 32.2. The van der Waals surface area contributed by atoms with Gasteiger partial charge >= 0.3 is 0 Å². The lowest BCUT2D eigenvalue weighted by Crippen LogP contribution is -2.30. The van der Waals surface area contributed by atoms with Crippen LogP contribution in [0.15, 0.2) is 48.5 Å². The number of anilines is 1. The summed E-state index contributed by atoms with van der Waals surface area (Å²) in [6.45, 7) is 3.30. The molecule has 2 aromatic carbocycles. The maximum absolute atomic E-state index is 13.5. The minimum atomic E-state index is -0.149. The number of thiocarbonyl (C=S) groups is 1. The van der Waals surface area contributed by atoms with Crippen LogP contribution in [0.5, 0.6) is 5.75 Å². The lowest BCUT2D eigenvalue weighted by molar-refractivity contribution is 0.340. The average Bonchev–Trinajstić information content (AvgIpc) is 2.57. The molecule has 128 valence electrons. The molecule has 0 unspecified atom stereocenters. The molecule has 6 heteroatoms. The first-order valence-electron chi connectivity index (χ1n) is 7.78. The second kappa shape index (κ2) is 10.2. The fourth-order valence-electron chi connectivity index (χ4n) is 2.04. The first kappa shape index (κ1) is 18.5. The molecule has 3 nitrogen and oxygen atoms in total. The number of halogens is 1. The lowest BCUT2D eigenvalue weighted by atomic mass is 10.2. The normalized spacial score (nSPS) is 10.2. The Hall–Kier alpha value is -1.79. The van der Waals surface area contributed by atoms with E-state index in [1.54, 1.807) is 17.8 Å². The summed E-state index contributed by atoms with van der Waals surface area (Å²) in [6.07, 6.45) is 0. The standard InChI is InChI=1S/C18H21FN2OS2/c1-2-22-16-8-5-7-15(12-16)21-18(23)20-10-11-24-13-14-6-3-4-9-17(14)19/h3-9,12H,2,10-11,13H2,1H3,(H2,20,21,23). The molecule has 0 fully saturated rings. The van der Waals surface area contributed by atoms with Crippen molar-refractivity contribution in [3.63, 3.8) is 0 Å². The number of hydrogen-bond acceptors (Lipinski definition) is 3. The van der Waals surface area contributed by atoms with E-state index in [-0.39, 0.29) is 5.82 Å². The Morgan fingerprint density at radius 2 is 2.04 bits per heavy atom. The van der Waals surface area contributed by atoms with Crippen LogP contribution < -0.4 is 15.4 Å². The molecule has 0 aromatic heterocycles. The van der Waals surface area contributed by atoms with E-state index >= 15 is 0 Å². The molecule has 2 aromatic rings. The topological polar surface area (TPSA) is 33.3 Å². The third kappa shape index (κ3) is 6.37. The highest BCUT2D eigenvalue weighted by Gasteiger charge is 2.02. The molecule has 24 heavy (non-hydrogen) atoms. The summed E-state index contributed by atoms with van der Waals surface area (Å²) in [5.74, 6) is 2.16. The van der Waals surface area contributed by atoms with Crippen LogP contribution in [0.2, 0.25) is 0 Å². The third-order valence-corrected chi connectivity index (χ3v) is 4.40. The second-order valence-corrected chi connectivity index (χ2v) is 6.50. The van der Waals surface area contributed by atoms with Crippen LogP contribution in [0.25, 0.3) is 0 Å². The van der Waals surface area contributed by atoms with Gasteiger partial charge in [0.2, 0.25) is 0 Å². The van der Waals surface area contributed by atoms with Gasteiger partial charge in [0.25, 0.3) is 0 Å². The Kier molecular flexibility index (Phi) is 7.85. The van der Waals surface area contributed by atoms with Crippen LogP contribution >= 0.6 is 24.0 Å². The summed E-state index contributed by atoms with van der Waals surface area (Å²) in [4.78, 5) is 0. The van der Waals surface area contributed by atoms with E-state index in [0.29, 0.717) is 17.5 Å². The molecule has 0 spiro atoms. The monoisotopic (exact) mass is 364 g/mol. The molecule has 0 aliphatic carbocycles. The molecule has 0 saturated carbocycles. The van der Waals surface area contributed by atoms with Crippen molar-refractivity contribution in [2.45, 2.75) is 12.7 Å². The zero-order chi connectivity index (χ0) is 17.2. The number of benzene rings is 2. The van der Waals surface area contributed by atoms with Crippen molar-refractivity contribution in [2.75, 3.05) is 24.2 Å². The molecule has 0 amide bonds. The quantitative estimate of drug-likeness (QED) is 0.534. The zero-order valence-electron chi connectivity index (χ0n) is 13.5. The molecule has 0 aliphatic heterocycles. The smallest absolute Gasteiger partial charge is 0.170 e. The summed E-state index contributed by atoms with van der Waals surface area (Å²) in [5, 5.41) is 6.84. The molecule has 0 radical (unpaired) electrons. The first-order valence-corrected chi connectivity index (χ1v) is 9.34. The number of thioether (sulfide) groups is 1. The van der Waals surface area contributed by atoms with E-state index < -0.39 is 0 Å². The number of hydrogen-bond donors (Lipinski definition) is 2. The third-order valence-electron chi connectivity index (χ3n) is 3.15. The molecule has 0 heterocycles. The summed E-state index contributed by atoms with van der Waals surface area (Å²) in [5.41, 5.74) is 1.62. The van der Waals surface area contributed by atoms with Gasteiger partial charge in [0, 0.05) is 29.8 Å². The minimum absolute atomic E-state index is 0.149. The van der Waals surface area contributed by atoms with Gasteiger partial charge in [0.05, 0.1) is 6.61 Å². The Morgan fingerprint density at radius 3 is 2.83 bits per heavy atom. The Labute approximate surface area is 152 Å². The van der Waals surface area contributed by atoms with E-state index in [1.807, 2.05) is 43.3 Å².